The summed E-state index contributed by atoms with van der Waals surface area (Å²) in [5, 5.41) is 4.29. The van der Waals surface area contributed by atoms with Crippen LogP contribution in [0.3, 0.4) is 0 Å². The molecular formula is C19H25N3O4. The smallest absolute Gasteiger partial charge is 0.374 e. The molecule has 1 aliphatic heterocycles. The molecule has 2 aromatic heterocycles. The second-order valence-electron chi connectivity index (χ2n) is 6.38. The fourth-order valence-electron chi connectivity index (χ4n) is 3.09. The summed E-state index contributed by atoms with van der Waals surface area (Å²) in [6, 6.07) is 2.31. The van der Waals surface area contributed by atoms with Gasteiger partial charge in [-0.3, -0.25) is 0 Å². The molecule has 140 valence electrons. The van der Waals surface area contributed by atoms with Gasteiger partial charge in [-0.15, -0.1) is 0 Å². The second kappa shape index (κ2) is 8.23. The molecule has 0 unspecified atom stereocenters. The predicted molar refractivity (Wildman–Crippen MR) is 100 cm³/mol. The Morgan fingerprint density at radius 2 is 2.23 bits per heavy atom. The SMILES string of the molecule is CCO/C=C/c1c(C(=O)OC)oc2cnc(NC3CCN(C)CC3)cc12. The zero-order valence-corrected chi connectivity index (χ0v) is 15.4. The highest BCUT2D eigenvalue weighted by Crippen LogP contribution is 2.29. The van der Waals surface area contributed by atoms with Crippen molar-refractivity contribution in [2.45, 2.75) is 25.8 Å². The summed E-state index contributed by atoms with van der Waals surface area (Å²) in [6.07, 6.45) is 7.07. The van der Waals surface area contributed by atoms with Crippen LogP contribution in [0.25, 0.3) is 17.0 Å². The van der Waals surface area contributed by atoms with Crippen LogP contribution in [0.2, 0.25) is 0 Å². The van der Waals surface area contributed by atoms with Gasteiger partial charge in [-0.1, -0.05) is 0 Å². The van der Waals surface area contributed by atoms with E-state index in [-0.39, 0.29) is 5.76 Å². The Labute approximate surface area is 153 Å². The molecule has 0 radical (unpaired) electrons. The number of fused-ring (bicyclic) bond motifs is 1. The van der Waals surface area contributed by atoms with Crippen molar-refractivity contribution in [2.24, 2.45) is 0 Å². The molecule has 0 atom stereocenters. The van der Waals surface area contributed by atoms with Crippen molar-refractivity contribution in [1.82, 2.24) is 9.88 Å². The van der Waals surface area contributed by atoms with Crippen LogP contribution >= 0.6 is 0 Å². The normalized spacial score (nSPS) is 16.3. The van der Waals surface area contributed by atoms with E-state index in [1.807, 2.05) is 13.0 Å². The maximum atomic E-state index is 12.0. The number of esters is 1. The predicted octanol–water partition coefficient (Wildman–Crippen LogP) is 3.13. The van der Waals surface area contributed by atoms with Crippen LogP contribution < -0.4 is 5.32 Å². The number of hydrogen-bond donors (Lipinski definition) is 1. The molecule has 0 spiro atoms. The van der Waals surface area contributed by atoms with Gasteiger partial charge in [0.2, 0.25) is 5.76 Å². The maximum absolute atomic E-state index is 12.0. The fraction of sp³-hybridized carbons (Fsp3) is 0.474. The maximum Gasteiger partial charge on any atom is 0.374 e. The van der Waals surface area contributed by atoms with Crippen LogP contribution in [0.5, 0.6) is 0 Å². The molecular weight excluding hydrogens is 334 g/mol. The lowest BCUT2D eigenvalue weighted by Gasteiger charge is -2.29. The molecule has 26 heavy (non-hydrogen) atoms. The minimum Gasteiger partial charge on any atom is -0.501 e. The van der Waals surface area contributed by atoms with E-state index in [9.17, 15) is 4.79 Å². The number of rotatable bonds is 6. The van der Waals surface area contributed by atoms with E-state index in [2.05, 4.69) is 22.2 Å². The highest BCUT2D eigenvalue weighted by Gasteiger charge is 2.21. The van der Waals surface area contributed by atoms with Gasteiger partial charge in [-0.05, 0) is 52.0 Å². The largest absolute Gasteiger partial charge is 0.501 e. The van der Waals surface area contributed by atoms with Gasteiger partial charge in [0.1, 0.15) is 5.82 Å². The summed E-state index contributed by atoms with van der Waals surface area (Å²) in [7, 11) is 3.47. The van der Waals surface area contributed by atoms with Gasteiger partial charge in [-0.2, -0.15) is 0 Å². The van der Waals surface area contributed by atoms with E-state index in [0.29, 0.717) is 23.8 Å². The number of likely N-dealkylation sites (tertiary alicyclic amines) is 1. The third-order valence-electron chi connectivity index (χ3n) is 4.55. The average molecular weight is 359 g/mol. The number of methoxy groups -OCH3 is 1. The Kier molecular flexibility index (Phi) is 5.78. The second-order valence-corrected chi connectivity index (χ2v) is 6.38. The topological polar surface area (TPSA) is 76.8 Å². The van der Waals surface area contributed by atoms with Crippen LogP contribution in [0.1, 0.15) is 35.9 Å². The standard InChI is InChI=1S/C19H25N3O4/c1-4-25-10-7-14-15-11-17(21-13-5-8-22(2)9-6-13)20-12-16(15)26-18(14)19(23)24-3/h7,10-13H,4-6,8-9H2,1-3H3,(H,20,21)/b10-7+. The Balaban J connectivity index is 1.91. The van der Waals surface area contributed by atoms with Gasteiger partial charge in [0.05, 0.1) is 26.2 Å². The van der Waals surface area contributed by atoms with E-state index in [1.54, 1.807) is 18.5 Å². The summed E-state index contributed by atoms with van der Waals surface area (Å²) >= 11 is 0. The zero-order chi connectivity index (χ0) is 18.5. The monoisotopic (exact) mass is 359 g/mol. The molecule has 3 rings (SSSR count). The molecule has 0 saturated carbocycles. The molecule has 0 amide bonds. The first kappa shape index (κ1) is 18.3. The van der Waals surface area contributed by atoms with E-state index >= 15 is 0 Å². The van der Waals surface area contributed by atoms with Crippen LogP contribution in [0.15, 0.2) is 22.9 Å². The summed E-state index contributed by atoms with van der Waals surface area (Å²) in [6.45, 7) is 4.58. The van der Waals surface area contributed by atoms with Gasteiger partial charge < -0.3 is 24.1 Å². The van der Waals surface area contributed by atoms with E-state index in [1.165, 1.54) is 7.11 Å². The molecule has 3 heterocycles. The Morgan fingerprint density at radius 1 is 1.46 bits per heavy atom. The number of nitrogens with one attached hydrogen (secondary N) is 1. The number of ether oxygens (including phenoxy) is 2. The van der Waals surface area contributed by atoms with Crippen molar-refractivity contribution in [1.29, 1.82) is 0 Å². The number of carbonyl (C=O) groups excluding carboxylic acids is 1. The van der Waals surface area contributed by atoms with Crippen LogP contribution in [-0.2, 0) is 9.47 Å². The summed E-state index contributed by atoms with van der Waals surface area (Å²) < 4.78 is 15.8. The molecule has 7 heteroatoms. The van der Waals surface area contributed by atoms with Gasteiger partial charge in [0, 0.05) is 17.0 Å². The summed E-state index contributed by atoms with van der Waals surface area (Å²) in [4.78, 5) is 18.8. The first-order chi connectivity index (χ1) is 12.6. The van der Waals surface area contributed by atoms with E-state index < -0.39 is 5.97 Å². The summed E-state index contributed by atoms with van der Waals surface area (Å²) in [5.41, 5.74) is 1.17. The van der Waals surface area contributed by atoms with E-state index in [0.717, 1.165) is 37.1 Å². The third-order valence-corrected chi connectivity index (χ3v) is 4.55. The molecule has 1 N–H and O–H groups in total. The van der Waals surface area contributed by atoms with Crippen LogP contribution in [0, 0.1) is 0 Å². The van der Waals surface area contributed by atoms with Gasteiger partial charge in [0.15, 0.2) is 5.58 Å². The number of furan rings is 1. The van der Waals surface area contributed by atoms with E-state index in [4.69, 9.17) is 13.9 Å². The van der Waals surface area contributed by atoms with Crippen molar-refractivity contribution >= 4 is 28.8 Å². The van der Waals surface area contributed by atoms with Gasteiger partial charge in [-0.25, -0.2) is 9.78 Å². The number of hydrogen-bond acceptors (Lipinski definition) is 7. The van der Waals surface area contributed by atoms with Crippen molar-refractivity contribution in [3.05, 3.63) is 29.8 Å². The lowest BCUT2D eigenvalue weighted by Crippen LogP contribution is -2.36. The van der Waals surface area contributed by atoms with Crippen molar-refractivity contribution < 1.29 is 18.7 Å². The molecule has 0 aromatic carbocycles. The Morgan fingerprint density at radius 3 is 2.92 bits per heavy atom. The number of nitrogens with zero attached hydrogens (tertiary/aromatic N) is 2. The number of aromatic nitrogens is 1. The van der Waals surface area contributed by atoms with Gasteiger partial charge in [0.25, 0.3) is 0 Å². The minimum atomic E-state index is -0.526. The molecule has 7 nitrogen and oxygen atoms in total. The van der Waals surface area contributed by atoms with Crippen molar-refractivity contribution in [2.75, 3.05) is 39.2 Å². The molecule has 0 bridgehead atoms. The highest BCUT2D eigenvalue weighted by atomic mass is 16.5. The number of pyridine rings is 1. The third kappa shape index (κ3) is 3.99. The van der Waals surface area contributed by atoms with Crippen LogP contribution in [0.4, 0.5) is 5.82 Å². The first-order valence-electron chi connectivity index (χ1n) is 8.86. The zero-order valence-electron chi connectivity index (χ0n) is 15.4. The molecule has 1 saturated heterocycles. The minimum absolute atomic E-state index is 0.150. The van der Waals surface area contributed by atoms with Gasteiger partial charge >= 0.3 is 5.97 Å². The molecule has 2 aromatic rings. The molecule has 1 aliphatic rings. The number of anilines is 1. The quantitative estimate of drug-likeness (QED) is 0.627. The average Bonchev–Trinajstić information content (AvgIpc) is 3.01. The lowest BCUT2D eigenvalue weighted by atomic mass is 10.1. The first-order valence-corrected chi connectivity index (χ1v) is 8.86. The fourth-order valence-corrected chi connectivity index (χ4v) is 3.09. The van der Waals surface area contributed by atoms with Crippen LogP contribution in [-0.4, -0.2) is 55.7 Å². The molecule has 0 aliphatic carbocycles. The lowest BCUT2D eigenvalue weighted by molar-refractivity contribution is 0.0567. The van der Waals surface area contributed by atoms with Crippen molar-refractivity contribution in [3.63, 3.8) is 0 Å². The Hall–Kier alpha value is -2.54. The number of carbonyl (C=O) groups is 1. The number of piperidine rings is 1. The van der Waals surface area contributed by atoms with Crippen molar-refractivity contribution in [3.8, 4) is 0 Å². The highest BCUT2D eigenvalue weighted by molar-refractivity contribution is 6.00. The molecule has 1 fully saturated rings. The Bertz CT molecular complexity index is 791. The summed E-state index contributed by atoms with van der Waals surface area (Å²) in [5.74, 6) is 0.397.